The van der Waals surface area contributed by atoms with Crippen LogP contribution < -0.4 is 10.1 Å². The molecule has 0 saturated carbocycles. The van der Waals surface area contributed by atoms with E-state index < -0.39 is 5.60 Å². The van der Waals surface area contributed by atoms with Crippen LogP contribution in [0.1, 0.15) is 47.4 Å². The molecule has 5 aromatic rings. The van der Waals surface area contributed by atoms with E-state index in [0.717, 1.165) is 57.8 Å². The molecule has 0 saturated heterocycles. The number of fused-ring (bicyclic) bond motifs is 2. The van der Waals surface area contributed by atoms with Crippen LogP contribution in [0.4, 0.5) is 0 Å². The second-order valence-corrected chi connectivity index (χ2v) is 10.2. The first-order valence-electron chi connectivity index (χ1n) is 13.4. The summed E-state index contributed by atoms with van der Waals surface area (Å²) in [5.74, 6) is 0.163. The van der Waals surface area contributed by atoms with Gasteiger partial charge in [-0.2, -0.15) is 0 Å². The number of aliphatic hydroxyl groups is 1. The van der Waals surface area contributed by atoms with E-state index in [1.165, 1.54) is 5.56 Å². The third-order valence-electron chi connectivity index (χ3n) is 7.56. The number of unbranched alkanes of at least 4 members (excludes halogenated alkanes) is 1. The highest BCUT2D eigenvalue weighted by Crippen LogP contribution is 2.48. The van der Waals surface area contributed by atoms with Gasteiger partial charge in [0.25, 0.3) is 0 Å². The third-order valence-corrected chi connectivity index (χ3v) is 7.56. The van der Waals surface area contributed by atoms with Gasteiger partial charge in [-0.05, 0) is 85.9 Å². The highest BCUT2D eigenvalue weighted by atomic mass is 16.5. The molecular weight excluding hydrogens is 468 g/mol. The Balaban J connectivity index is 1.76. The Kier molecular flexibility index (Phi) is 7.73. The predicted octanol–water partition coefficient (Wildman–Crippen LogP) is 7.11. The Morgan fingerprint density at radius 1 is 0.842 bits per heavy atom. The number of nitrogens with zero attached hydrogens (tertiary/aromatic N) is 1. The van der Waals surface area contributed by atoms with Crippen molar-refractivity contribution in [3.05, 3.63) is 119 Å². The fourth-order valence-corrected chi connectivity index (χ4v) is 5.63. The molecule has 2 N–H and O–H groups in total. The molecule has 2 atom stereocenters. The predicted molar refractivity (Wildman–Crippen MR) is 157 cm³/mol. The number of pyridine rings is 1. The lowest BCUT2D eigenvalue weighted by Gasteiger charge is -2.38. The highest BCUT2D eigenvalue weighted by Gasteiger charge is 2.42. The topological polar surface area (TPSA) is 54.4 Å². The molecule has 4 heteroatoms. The summed E-state index contributed by atoms with van der Waals surface area (Å²) < 4.78 is 5.90. The van der Waals surface area contributed by atoms with Crippen LogP contribution in [0.15, 0.2) is 97.1 Å². The van der Waals surface area contributed by atoms with E-state index >= 15 is 0 Å². The summed E-state index contributed by atoms with van der Waals surface area (Å²) in [6.07, 6.45) is 2.44. The Labute approximate surface area is 225 Å². The maximum atomic E-state index is 13.0. The van der Waals surface area contributed by atoms with Crippen molar-refractivity contribution in [2.75, 3.05) is 20.7 Å². The van der Waals surface area contributed by atoms with Crippen molar-refractivity contribution in [2.45, 2.75) is 37.7 Å². The number of aromatic nitrogens is 1. The summed E-state index contributed by atoms with van der Waals surface area (Å²) in [5.41, 5.74) is 3.69. The molecule has 194 valence electrons. The third kappa shape index (κ3) is 5.15. The minimum absolute atomic E-state index is 0.383. The molecule has 0 radical (unpaired) electrons. The van der Waals surface area contributed by atoms with E-state index in [0.29, 0.717) is 12.3 Å². The Bertz CT molecular complexity index is 1530. The molecule has 0 fully saturated rings. The van der Waals surface area contributed by atoms with E-state index in [9.17, 15) is 5.11 Å². The molecular formula is C34H36N2O2. The van der Waals surface area contributed by atoms with E-state index in [1.54, 1.807) is 7.11 Å². The summed E-state index contributed by atoms with van der Waals surface area (Å²) >= 11 is 0. The first kappa shape index (κ1) is 25.9. The zero-order chi connectivity index (χ0) is 26.5. The van der Waals surface area contributed by atoms with Gasteiger partial charge >= 0.3 is 0 Å². The van der Waals surface area contributed by atoms with E-state index in [4.69, 9.17) is 9.72 Å². The molecule has 2 unspecified atom stereocenters. The van der Waals surface area contributed by atoms with Gasteiger partial charge in [0.2, 0.25) is 5.88 Å². The number of hydrogen-bond acceptors (Lipinski definition) is 4. The lowest BCUT2D eigenvalue weighted by atomic mass is 9.71. The van der Waals surface area contributed by atoms with Crippen molar-refractivity contribution in [2.24, 2.45) is 0 Å². The Hall–Kier alpha value is -3.73. The maximum Gasteiger partial charge on any atom is 0.217 e. The van der Waals surface area contributed by atoms with Crippen molar-refractivity contribution in [1.29, 1.82) is 0 Å². The molecule has 1 aromatic heterocycles. The number of benzene rings is 4. The first-order valence-corrected chi connectivity index (χ1v) is 13.4. The summed E-state index contributed by atoms with van der Waals surface area (Å²) in [7, 11) is 3.63. The van der Waals surface area contributed by atoms with Crippen LogP contribution in [0.25, 0.3) is 21.7 Å². The van der Waals surface area contributed by atoms with Crippen molar-refractivity contribution in [3.63, 3.8) is 0 Å². The zero-order valence-corrected chi connectivity index (χ0v) is 22.4. The largest absolute Gasteiger partial charge is 0.481 e. The van der Waals surface area contributed by atoms with E-state index in [2.05, 4.69) is 72.9 Å². The number of rotatable bonds is 10. The van der Waals surface area contributed by atoms with Gasteiger partial charge in [-0.15, -0.1) is 0 Å². The monoisotopic (exact) mass is 504 g/mol. The van der Waals surface area contributed by atoms with Crippen LogP contribution in [0.5, 0.6) is 5.88 Å². The molecule has 1 heterocycles. The SMILES string of the molecule is CNCCCCC(O)(c1ccc2ccccc2c1)C(c1ccccc1)c1cc2cc(C)ccc2nc1OC. The second-order valence-electron chi connectivity index (χ2n) is 10.2. The van der Waals surface area contributed by atoms with Crippen LogP contribution in [-0.4, -0.2) is 30.8 Å². The van der Waals surface area contributed by atoms with Crippen LogP contribution in [0.2, 0.25) is 0 Å². The fourth-order valence-electron chi connectivity index (χ4n) is 5.63. The van der Waals surface area contributed by atoms with Gasteiger partial charge in [-0.3, -0.25) is 0 Å². The average Bonchev–Trinajstić information content (AvgIpc) is 2.95. The van der Waals surface area contributed by atoms with Gasteiger partial charge in [-0.25, -0.2) is 4.98 Å². The highest BCUT2D eigenvalue weighted by molar-refractivity contribution is 5.84. The first-order chi connectivity index (χ1) is 18.5. The molecule has 4 nitrogen and oxygen atoms in total. The molecule has 0 aliphatic rings. The summed E-state index contributed by atoms with van der Waals surface area (Å²) in [6, 6.07) is 33.4. The van der Waals surface area contributed by atoms with Gasteiger partial charge in [-0.1, -0.05) is 78.4 Å². The lowest BCUT2D eigenvalue weighted by Crippen LogP contribution is -2.35. The van der Waals surface area contributed by atoms with E-state index in [-0.39, 0.29) is 5.92 Å². The van der Waals surface area contributed by atoms with Crippen molar-refractivity contribution in [1.82, 2.24) is 10.3 Å². The van der Waals surface area contributed by atoms with Crippen LogP contribution in [-0.2, 0) is 5.60 Å². The standard InChI is InChI=1S/C34H36N2O2/c1-24-15-18-31-28(21-24)23-30(33(36-31)38-3)32(26-12-5-4-6-13-26)34(37,19-9-10-20-35-2)29-17-16-25-11-7-8-14-27(25)22-29/h4-8,11-18,21-23,32,35,37H,9-10,19-20H2,1-3H3. The van der Waals surface area contributed by atoms with Crippen LogP contribution in [0, 0.1) is 6.92 Å². The van der Waals surface area contributed by atoms with Crippen LogP contribution >= 0.6 is 0 Å². The lowest BCUT2D eigenvalue weighted by molar-refractivity contribution is 0.00732. The normalized spacial score (nSPS) is 13.9. The van der Waals surface area contributed by atoms with Crippen molar-refractivity contribution >= 4 is 21.7 Å². The quantitative estimate of drug-likeness (QED) is 0.199. The van der Waals surface area contributed by atoms with Gasteiger partial charge < -0.3 is 15.2 Å². The molecule has 0 aliphatic heterocycles. The average molecular weight is 505 g/mol. The van der Waals surface area contributed by atoms with Gasteiger partial charge in [0, 0.05) is 16.9 Å². The maximum absolute atomic E-state index is 13.0. The molecule has 4 aromatic carbocycles. The summed E-state index contributed by atoms with van der Waals surface area (Å²) in [5, 5.41) is 19.5. The molecule has 0 amide bonds. The van der Waals surface area contributed by atoms with Crippen molar-refractivity contribution in [3.8, 4) is 5.88 Å². The number of nitrogens with one attached hydrogen (secondary N) is 1. The number of aryl methyl sites for hydroxylation is 1. The molecule has 5 rings (SSSR count). The zero-order valence-electron chi connectivity index (χ0n) is 22.4. The molecule has 0 spiro atoms. The molecule has 38 heavy (non-hydrogen) atoms. The number of hydrogen-bond donors (Lipinski definition) is 2. The Morgan fingerprint density at radius 2 is 1.61 bits per heavy atom. The minimum Gasteiger partial charge on any atom is -0.481 e. The minimum atomic E-state index is -1.19. The van der Waals surface area contributed by atoms with Crippen molar-refractivity contribution < 1.29 is 9.84 Å². The Morgan fingerprint density at radius 3 is 2.37 bits per heavy atom. The fraction of sp³-hybridized carbons (Fsp3) is 0.265. The smallest absolute Gasteiger partial charge is 0.217 e. The van der Waals surface area contributed by atoms with Gasteiger partial charge in [0.1, 0.15) is 5.60 Å². The second kappa shape index (κ2) is 11.3. The molecule has 0 bridgehead atoms. The van der Waals surface area contributed by atoms with Crippen LogP contribution in [0.3, 0.4) is 0 Å². The summed E-state index contributed by atoms with van der Waals surface area (Å²) in [4.78, 5) is 4.90. The number of ether oxygens (including phenoxy) is 1. The van der Waals surface area contributed by atoms with Gasteiger partial charge in [0.05, 0.1) is 12.6 Å². The molecule has 0 aliphatic carbocycles. The van der Waals surface area contributed by atoms with E-state index in [1.807, 2.05) is 43.4 Å². The number of methoxy groups -OCH3 is 1. The summed E-state index contributed by atoms with van der Waals surface area (Å²) in [6.45, 7) is 3.00. The van der Waals surface area contributed by atoms with Gasteiger partial charge in [0.15, 0.2) is 0 Å².